The molecule has 9 heteroatoms. The number of fused-ring (bicyclic) bond motifs is 1. The van der Waals surface area contributed by atoms with E-state index >= 15 is 0 Å². The first kappa shape index (κ1) is 17.5. The van der Waals surface area contributed by atoms with Crippen molar-refractivity contribution < 1.29 is 9.53 Å². The number of amides is 1. The lowest BCUT2D eigenvalue weighted by Crippen LogP contribution is -2.30. The molecular formula is C18H15N5O2S2. The molecule has 3 aromatic heterocycles. The molecule has 7 nitrogen and oxygen atoms in total. The minimum absolute atomic E-state index is 0.189. The van der Waals surface area contributed by atoms with Gasteiger partial charge in [0.15, 0.2) is 5.13 Å². The molecule has 136 valence electrons. The lowest BCUT2D eigenvalue weighted by Gasteiger charge is -2.18. The quantitative estimate of drug-likeness (QED) is 0.511. The zero-order chi connectivity index (χ0) is 18.8. The third-order valence-electron chi connectivity index (χ3n) is 3.96. The Morgan fingerprint density at radius 1 is 1.22 bits per heavy atom. The van der Waals surface area contributed by atoms with Crippen molar-refractivity contribution in [1.29, 1.82) is 0 Å². The van der Waals surface area contributed by atoms with Crippen molar-refractivity contribution in [1.82, 2.24) is 19.6 Å². The molecule has 4 aromatic rings. The summed E-state index contributed by atoms with van der Waals surface area (Å²) in [5.74, 6) is 0.488. The van der Waals surface area contributed by atoms with E-state index in [4.69, 9.17) is 4.74 Å². The number of anilines is 1. The van der Waals surface area contributed by atoms with Crippen LogP contribution in [0.3, 0.4) is 0 Å². The lowest BCUT2D eigenvalue weighted by atomic mass is 10.3. The molecule has 0 aliphatic carbocycles. The van der Waals surface area contributed by atoms with Gasteiger partial charge in [-0.2, -0.15) is 0 Å². The van der Waals surface area contributed by atoms with Crippen molar-refractivity contribution in [2.45, 2.75) is 13.5 Å². The van der Waals surface area contributed by atoms with Crippen molar-refractivity contribution >= 4 is 44.1 Å². The average molecular weight is 397 g/mol. The monoisotopic (exact) mass is 397 g/mol. The topological polar surface area (TPSA) is 81.1 Å². The second-order valence-electron chi connectivity index (χ2n) is 5.70. The Bertz CT molecular complexity index is 1090. The van der Waals surface area contributed by atoms with Gasteiger partial charge in [0.25, 0.3) is 5.91 Å². The van der Waals surface area contributed by atoms with Crippen LogP contribution in [-0.2, 0) is 6.54 Å². The maximum atomic E-state index is 13.2. The van der Waals surface area contributed by atoms with Gasteiger partial charge in [-0.05, 0) is 42.7 Å². The van der Waals surface area contributed by atoms with Gasteiger partial charge >= 0.3 is 0 Å². The fourth-order valence-corrected chi connectivity index (χ4v) is 4.21. The highest BCUT2D eigenvalue weighted by Gasteiger charge is 2.26. The first-order valence-electron chi connectivity index (χ1n) is 8.11. The molecule has 0 fully saturated rings. The van der Waals surface area contributed by atoms with Gasteiger partial charge in [0.05, 0.1) is 29.7 Å². The van der Waals surface area contributed by atoms with Crippen LogP contribution in [0.15, 0.2) is 42.6 Å². The van der Waals surface area contributed by atoms with Crippen LogP contribution < -0.4 is 9.64 Å². The molecule has 3 heterocycles. The molecule has 0 radical (unpaired) electrons. The molecule has 0 saturated heterocycles. The van der Waals surface area contributed by atoms with Crippen molar-refractivity contribution in [3.8, 4) is 5.75 Å². The van der Waals surface area contributed by atoms with E-state index < -0.39 is 0 Å². The summed E-state index contributed by atoms with van der Waals surface area (Å²) < 4.78 is 10.2. The molecule has 0 unspecified atom stereocenters. The fourth-order valence-electron chi connectivity index (χ4n) is 2.62. The molecule has 1 aromatic carbocycles. The van der Waals surface area contributed by atoms with Crippen LogP contribution in [0, 0.1) is 6.92 Å². The Morgan fingerprint density at radius 3 is 2.81 bits per heavy atom. The van der Waals surface area contributed by atoms with Crippen LogP contribution in [0.25, 0.3) is 10.2 Å². The van der Waals surface area contributed by atoms with E-state index in [1.165, 1.54) is 11.3 Å². The van der Waals surface area contributed by atoms with Crippen LogP contribution in [0.2, 0.25) is 0 Å². The smallest absolute Gasteiger partial charge is 0.274 e. The number of ether oxygens (including phenoxy) is 1. The summed E-state index contributed by atoms with van der Waals surface area (Å²) in [6.45, 7) is 2.08. The Hall–Kier alpha value is -2.91. The summed E-state index contributed by atoms with van der Waals surface area (Å²) in [6, 6.07) is 11.3. The maximum absolute atomic E-state index is 13.2. The number of thiazole rings is 1. The van der Waals surface area contributed by atoms with Gasteiger partial charge in [0.2, 0.25) is 0 Å². The van der Waals surface area contributed by atoms with Crippen molar-refractivity contribution in [3.05, 3.63) is 58.9 Å². The molecule has 0 aliphatic heterocycles. The fraction of sp³-hybridized carbons (Fsp3) is 0.167. The number of carbonyl (C=O) groups excluding carboxylic acids is 1. The molecule has 0 spiro atoms. The van der Waals surface area contributed by atoms with E-state index in [0.717, 1.165) is 27.4 Å². The highest BCUT2D eigenvalue weighted by atomic mass is 32.1. The summed E-state index contributed by atoms with van der Waals surface area (Å²) in [7, 11) is 1.61. The van der Waals surface area contributed by atoms with Gasteiger partial charge in [-0.15, -0.1) is 5.10 Å². The Balaban J connectivity index is 1.80. The minimum atomic E-state index is -0.189. The van der Waals surface area contributed by atoms with E-state index in [1.807, 2.05) is 36.4 Å². The highest BCUT2D eigenvalue weighted by molar-refractivity contribution is 7.22. The molecular weight excluding hydrogens is 382 g/mol. The van der Waals surface area contributed by atoms with E-state index in [2.05, 4.69) is 19.6 Å². The number of hydrogen-bond acceptors (Lipinski definition) is 8. The molecule has 0 N–H and O–H groups in total. The number of aromatic nitrogens is 4. The van der Waals surface area contributed by atoms with Crippen molar-refractivity contribution in [3.63, 3.8) is 0 Å². The Morgan fingerprint density at radius 2 is 2.11 bits per heavy atom. The summed E-state index contributed by atoms with van der Waals surface area (Å²) in [6.07, 6.45) is 1.71. The van der Waals surface area contributed by atoms with E-state index in [-0.39, 0.29) is 5.91 Å². The molecule has 27 heavy (non-hydrogen) atoms. The number of benzene rings is 1. The second kappa shape index (κ2) is 7.37. The number of nitrogens with zero attached hydrogens (tertiary/aromatic N) is 5. The normalized spacial score (nSPS) is 10.9. The Labute approximate surface area is 163 Å². The number of para-hydroxylation sites is 1. The van der Waals surface area contributed by atoms with Crippen LogP contribution in [0.5, 0.6) is 5.75 Å². The number of methoxy groups -OCH3 is 1. The second-order valence-corrected chi connectivity index (χ2v) is 7.47. The summed E-state index contributed by atoms with van der Waals surface area (Å²) in [4.78, 5) is 24.4. The number of aryl methyl sites for hydroxylation is 1. The van der Waals surface area contributed by atoms with Crippen molar-refractivity contribution in [2.24, 2.45) is 0 Å². The van der Waals surface area contributed by atoms with Gasteiger partial charge in [-0.3, -0.25) is 14.7 Å². The largest absolute Gasteiger partial charge is 0.494 e. The number of pyridine rings is 1. The predicted octanol–water partition coefficient (Wildman–Crippen LogP) is 3.71. The molecule has 0 aliphatic rings. The molecule has 0 atom stereocenters. The van der Waals surface area contributed by atoms with Gasteiger partial charge in [-0.1, -0.05) is 28.0 Å². The number of hydrogen-bond donors (Lipinski definition) is 0. The SMILES string of the molecule is COc1cccc2sc(N(Cc3ccccn3)C(=O)c3snnc3C)nc12. The molecule has 4 rings (SSSR count). The van der Waals surface area contributed by atoms with Crippen LogP contribution >= 0.6 is 22.9 Å². The van der Waals surface area contributed by atoms with Gasteiger partial charge in [0.1, 0.15) is 16.1 Å². The summed E-state index contributed by atoms with van der Waals surface area (Å²) in [5.41, 5.74) is 2.11. The highest BCUT2D eigenvalue weighted by Crippen LogP contribution is 2.35. The standard InChI is InChI=1S/C18H15N5O2S2/c1-11-16(27-22-21-11)17(24)23(10-12-6-3-4-9-19-12)18-20-15-13(25-2)7-5-8-14(15)26-18/h3-9H,10H2,1-2H3. The maximum Gasteiger partial charge on any atom is 0.274 e. The van der Waals surface area contributed by atoms with Crippen LogP contribution in [0.4, 0.5) is 5.13 Å². The summed E-state index contributed by atoms with van der Waals surface area (Å²) in [5, 5.41) is 4.54. The third kappa shape index (κ3) is 3.38. The van der Waals surface area contributed by atoms with E-state index in [1.54, 1.807) is 25.1 Å². The number of rotatable bonds is 5. The number of carbonyl (C=O) groups is 1. The third-order valence-corrected chi connectivity index (χ3v) is 5.82. The first-order chi connectivity index (χ1) is 13.2. The van der Waals surface area contributed by atoms with Crippen molar-refractivity contribution in [2.75, 3.05) is 12.0 Å². The lowest BCUT2D eigenvalue weighted by molar-refractivity contribution is 0.0988. The van der Waals surface area contributed by atoms with Gasteiger partial charge in [0, 0.05) is 6.20 Å². The average Bonchev–Trinajstić information content (AvgIpc) is 3.32. The predicted molar refractivity (Wildman–Crippen MR) is 106 cm³/mol. The molecule has 0 bridgehead atoms. The molecule has 1 amide bonds. The minimum Gasteiger partial charge on any atom is -0.494 e. The molecule has 0 saturated carbocycles. The zero-order valence-corrected chi connectivity index (χ0v) is 16.3. The Kier molecular flexibility index (Phi) is 4.78. The van der Waals surface area contributed by atoms with Crippen LogP contribution in [0.1, 0.15) is 21.1 Å². The van der Waals surface area contributed by atoms with Gasteiger partial charge in [-0.25, -0.2) is 4.98 Å². The zero-order valence-electron chi connectivity index (χ0n) is 14.6. The van der Waals surface area contributed by atoms with E-state index in [0.29, 0.717) is 28.0 Å². The first-order valence-corrected chi connectivity index (χ1v) is 9.70. The van der Waals surface area contributed by atoms with E-state index in [9.17, 15) is 4.79 Å². The van der Waals surface area contributed by atoms with Crippen LogP contribution in [-0.4, -0.2) is 32.6 Å². The summed E-state index contributed by atoms with van der Waals surface area (Å²) >= 11 is 2.52. The van der Waals surface area contributed by atoms with Gasteiger partial charge < -0.3 is 4.74 Å².